The van der Waals surface area contributed by atoms with Crippen LogP contribution < -0.4 is 0 Å². The molecule has 0 N–H and O–H groups in total. The summed E-state index contributed by atoms with van der Waals surface area (Å²) in [5.74, 6) is 0. The van der Waals surface area contributed by atoms with Gasteiger partial charge in [-0.2, -0.15) is 0 Å². The molecule has 1 rings (SSSR count). The number of hydrogen-bond acceptors (Lipinski definition) is 1. The first-order valence-corrected chi connectivity index (χ1v) is 5.54. The third kappa shape index (κ3) is 2.01. The minimum atomic E-state index is 1.13. The number of thioether (sulfide) groups is 1. The maximum atomic E-state index is 3.45. The second-order valence-corrected chi connectivity index (χ2v) is 4.40. The number of benzene rings is 1. The van der Waals surface area contributed by atoms with Crippen LogP contribution in [-0.2, 0) is 0 Å². The van der Waals surface area contributed by atoms with Crippen molar-refractivity contribution < 1.29 is 0 Å². The number of rotatable bonds is 1. The molecule has 54 valence electrons. The van der Waals surface area contributed by atoms with E-state index in [4.69, 9.17) is 0 Å². The minimum absolute atomic E-state index is 1.13. The third-order valence-electron chi connectivity index (χ3n) is 1.11. The molecule has 0 amide bonds. The quantitative estimate of drug-likeness (QED) is 0.703. The van der Waals surface area contributed by atoms with Crippen LogP contribution in [0.2, 0.25) is 0 Å². The summed E-state index contributed by atoms with van der Waals surface area (Å²) in [6.45, 7) is 0. The van der Waals surface area contributed by atoms with Crippen molar-refractivity contribution in [2.45, 2.75) is 4.90 Å². The van der Waals surface area contributed by atoms with Crippen molar-refractivity contribution in [3.05, 3.63) is 27.1 Å². The van der Waals surface area contributed by atoms with Gasteiger partial charge in [-0.25, -0.2) is 0 Å². The number of halogens is 2. The molecule has 0 fully saturated rings. The molecule has 0 bridgehead atoms. The average Bonchev–Trinajstić information content (AvgIpc) is 1.94. The lowest BCUT2D eigenvalue weighted by Crippen LogP contribution is -1.72. The zero-order valence-corrected chi connectivity index (χ0v) is 9.38. The van der Waals surface area contributed by atoms with Gasteiger partial charge >= 0.3 is 0 Å². The van der Waals surface area contributed by atoms with E-state index < -0.39 is 0 Å². The fourth-order valence-corrected chi connectivity index (χ4v) is 2.39. The highest BCUT2D eigenvalue weighted by Gasteiger charge is 1.96. The highest BCUT2D eigenvalue weighted by Crippen LogP contribution is 2.28. The maximum Gasteiger partial charge on any atom is 0.0311 e. The van der Waals surface area contributed by atoms with Crippen LogP contribution in [0.25, 0.3) is 0 Å². The molecule has 10 heavy (non-hydrogen) atoms. The second-order valence-electron chi connectivity index (χ2n) is 1.78. The Morgan fingerprint density at radius 3 is 2.50 bits per heavy atom. The van der Waals surface area contributed by atoms with Crippen LogP contribution in [-0.4, -0.2) is 6.26 Å². The van der Waals surface area contributed by atoms with Crippen LogP contribution in [0.5, 0.6) is 0 Å². The van der Waals surface area contributed by atoms with E-state index >= 15 is 0 Å². The molecule has 0 radical (unpaired) electrons. The Morgan fingerprint density at radius 2 is 2.00 bits per heavy atom. The van der Waals surface area contributed by atoms with E-state index in [0.29, 0.717) is 0 Å². The molecular weight excluding hydrogens is 276 g/mol. The summed E-state index contributed by atoms with van der Waals surface area (Å²) in [7, 11) is 0. The van der Waals surface area contributed by atoms with E-state index in [0.717, 1.165) is 8.95 Å². The first-order chi connectivity index (χ1) is 4.74. The van der Waals surface area contributed by atoms with Gasteiger partial charge in [-0.15, -0.1) is 11.8 Å². The summed E-state index contributed by atoms with van der Waals surface area (Å²) in [6.07, 6.45) is 2.06. The van der Waals surface area contributed by atoms with Crippen molar-refractivity contribution >= 4 is 43.6 Å². The fourth-order valence-electron chi connectivity index (χ4n) is 0.634. The SMILES string of the molecule is CSc1cc(Br)ccc1Br. The molecule has 0 aliphatic heterocycles. The van der Waals surface area contributed by atoms with Crippen LogP contribution in [0.1, 0.15) is 0 Å². The van der Waals surface area contributed by atoms with Crippen molar-refractivity contribution in [2.75, 3.05) is 6.26 Å². The summed E-state index contributed by atoms with van der Waals surface area (Å²) in [4.78, 5) is 1.26. The van der Waals surface area contributed by atoms with Gasteiger partial charge in [-0.3, -0.25) is 0 Å². The highest BCUT2D eigenvalue weighted by molar-refractivity contribution is 9.11. The van der Waals surface area contributed by atoms with E-state index in [1.807, 2.05) is 12.1 Å². The van der Waals surface area contributed by atoms with Gasteiger partial charge in [0.15, 0.2) is 0 Å². The minimum Gasteiger partial charge on any atom is -0.128 e. The van der Waals surface area contributed by atoms with E-state index in [-0.39, 0.29) is 0 Å². The molecule has 0 heterocycles. The first-order valence-electron chi connectivity index (χ1n) is 2.73. The molecule has 1 aromatic rings. The molecular formula is C7H6Br2S. The molecule has 0 aromatic heterocycles. The molecule has 0 nitrogen and oxygen atoms in total. The third-order valence-corrected chi connectivity index (χ3v) is 3.34. The Kier molecular flexibility index (Phi) is 3.27. The average molecular weight is 282 g/mol. The van der Waals surface area contributed by atoms with E-state index in [1.54, 1.807) is 11.8 Å². The van der Waals surface area contributed by atoms with Crippen LogP contribution >= 0.6 is 43.6 Å². The van der Waals surface area contributed by atoms with Crippen molar-refractivity contribution in [2.24, 2.45) is 0 Å². The summed E-state index contributed by atoms with van der Waals surface area (Å²) in [5, 5.41) is 0. The predicted molar refractivity (Wildman–Crippen MR) is 53.6 cm³/mol. The lowest BCUT2D eigenvalue weighted by Gasteiger charge is -1.99. The Bertz CT molecular complexity index is 235. The van der Waals surface area contributed by atoms with Gasteiger partial charge in [0.2, 0.25) is 0 Å². The van der Waals surface area contributed by atoms with Crippen molar-refractivity contribution in [1.82, 2.24) is 0 Å². The molecule has 1 aromatic carbocycles. The number of hydrogen-bond donors (Lipinski definition) is 0. The van der Waals surface area contributed by atoms with Crippen molar-refractivity contribution in [1.29, 1.82) is 0 Å². The molecule has 0 atom stereocenters. The Labute approximate surface area is 81.7 Å². The Hall–Kier alpha value is 0.530. The molecule has 3 heteroatoms. The van der Waals surface area contributed by atoms with Crippen LogP contribution in [0, 0.1) is 0 Å². The molecule has 0 spiro atoms. The van der Waals surface area contributed by atoms with Gasteiger partial charge in [0.25, 0.3) is 0 Å². The topological polar surface area (TPSA) is 0 Å². The predicted octanol–water partition coefficient (Wildman–Crippen LogP) is 3.93. The largest absolute Gasteiger partial charge is 0.128 e. The standard InChI is InChI=1S/C7H6Br2S/c1-10-7-4-5(8)2-3-6(7)9/h2-4H,1H3. The van der Waals surface area contributed by atoms with Crippen molar-refractivity contribution in [3.63, 3.8) is 0 Å². The fraction of sp³-hybridized carbons (Fsp3) is 0.143. The zero-order chi connectivity index (χ0) is 7.56. The van der Waals surface area contributed by atoms with E-state index in [1.165, 1.54) is 4.90 Å². The monoisotopic (exact) mass is 280 g/mol. The summed E-state index contributed by atoms with van der Waals surface area (Å²) in [6, 6.07) is 6.15. The van der Waals surface area contributed by atoms with E-state index in [2.05, 4.69) is 44.2 Å². The van der Waals surface area contributed by atoms with Crippen LogP contribution in [0.3, 0.4) is 0 Å². The molecule has 0 saturated carbocycles. The van der Waals surface area contributed by atoms with Crippen LogP contribution in [0.4, 0.5) is 0 Å². The smallest absolute Gasteiger partial charge is 0.0311 e. The lowest BCUT2D eigenvalue weighted by atomic mass is 10.4. The van der Waals surface area contributed by atoms with Gasteiger partial charge in [-0.1, -0.05) is 15.9 Å². The van der Waals surface area contributed by atoms with Gasteiger partial charge in [0.1, 0.15) is 0 Å². The normalized spacial score (nSPS) is 9.90. The lowest BCUT2D eigenvalue weighted by molar-refractivity contribution is 1.39. The van der Waals surface area contributed by atoms with Gasteiger partial charge in [0, 0.05) is 13.8 Å². The molecule has 0 aliphatic carbocycles. The van der Waals surface area contributed by atoms with Gasteiger partial charge < -0.3 is 0 Å². The summed E-state index contributed by atoms with van der Waals surface area (Å²) >= 11 is 8.58. The molecule has 0 saturated heterocycles. The summed E-state index contributed by atoms with van der Waals surface area (Å²) < 4.78 is 2.28. The van der Waals surface area contributed by atoms with E-state index in [9.17, 15) is 0 Å². The van der Waals surface area contributed by atoms with Crippen molar-refractivity contribution in [3.8, 4) is 0 Å². The summed E-state index contributed by atoms with van der Waals surface area (Å²) in [5.41, 5.74) is 0. The highest BCUT2D eigenvalue weighted by atomic mass is 79.9. The second kappa shape index (κ2) is 3.79. The molecule has 0 aliphatic rings. The Balaban J connectivity index is 3.09. The first kappa shape index (κ1) is 8.62. The Morgan fingerprint density at radius 1 is 1.30 bits per heavy atom. The van der Waals surface area contributed by atoms with Crippen LogP contribution in [0.15, 0.2) is 32.0 Å². The van der Waals surface area contributed by atoms with Gasteiger partial charge in [-0.05, 0) is 40.4 Å². The zero-order valence-electron chi connectivity index (χ0n) is 5.40. The maximum absolute atomic E-state index is 3.45. The molecule has 0 unspecified atom stereocenters. The van der Waals surface area contributed by atoms with Gasteiger partial charge in [0.05, 0.1) is 0 Å².